The smallest absolute Gasteiger partial charge is 0.274 e. The van der Waals surface area contributed by atoms with Gasteiger partial charge >= 0.3 is 0 Å². The second kappa shape index (κ2) is 7.96. The Bertz CT molecular complexity index is 1180. The molecule has 4 aromatic rings. The second-order valence-corrected chi connectivity index (χ2v) is 7.11. The van der Waals surface area contributed by atoms with Crippen molar-refractivity contribution in [2.45, 2.75) is 0 Å². The summed E-state index contributed by atoms with van der Waals surface area (Å²) in [6.45, 7) is 3.25. The van der Waals surface area contributed by atoms with Crippen molar-refractivity contribution in [3.63, 3.8) is 0 Å². The zero-order valence-corrected chi connectivity index (χ0v) is 16.3. The zero-order valence-electron chi connectivity index (χ0n) is 16.3. The molecular weight excluding hydrogens is 378 g/mol. The van der Waals surface area contributed by atoms with E-state index in [0.29, 0.717) is 16.9 Å². The highest BCUT2D eigenvalue weighted by Gasteiger charge is 2.15. The summed E-state index contributed by atoms with van der Waals surface area (Å²) in [5, 5.41) is 2.92. The van der Waals surface area contributed by atoms with Crippen LogP contribution >= 0.6 is 0 Å². The predicted octanol–water partition coefficient (Wildman–Crippen LogP) is 3.71. The number of benzene rings is 2. The van der Waals surface area contributed by atoms with Crippen molar-refractivity contribution in [3.8, 4) is 11.4 Å². The molecule has 1 amide bonds. The number of para-hydroxylation sites is 1. The molecule has 0 saturated carbocycles. The maximum Gasteiger partial charge on any atom is 0.274 e. The van der Waals surface area contributed by atoms with E-state index in [4.69, 9.17) is 9.72 Å². The molecule has 3 heterocycles. The first-order valence-electron chi connectivity index (χ1n) is 9.92. The third kappa shape index (κ3) is 3.62. The number of anilines is 2. The van der Waals surface area contributed by atoms with E-state index in [0.717, 1.165) is 48.9 Å². The van der Waals surface area contributed by atoms with Crippen LogP contribution in [0.2, 0.25) is 0 Å². The highest BCUT2D eigenvalue weighted by molar-refractivity contribution is 6.07. The van der Waals surface area contributed by atoms with Crippen molar-refractivity contribution in [3.05, 3.63) is 72.6 Å². The summed E-state index contributed by atoms with van der Waals surface area (Å²) in [7, 11) is 0. The molecule has 1 fully saturated rings. The Morgan fingerprint density at radius 1 is 1.03 bits per heavy atom. The van der Waals surface area contributed by atoms with Gasteiger partial charge in [-0.3, -0.25) is 9.78 Å². The van der Waals surface area contributed by atoms with Gasteiger partial charge in [-0.1, -0.05) is 24.3 Å². The molecule has 7 nitrogen and oxygen atoms in total. The number of ether oxygens (including phenoxy) is 1. The topological polar surface area (TPSA) is 83.1 Å². The van der Waals surface area contributed by atoms with E-state index in [1.807, 2.05) is 30.3 Å². The fourth-order valence-electron chi connectivity index (χ4n) is 3.62. The molecule has 7 heteroatoms. The number of nitrogens with one attached hydrogen (secondary N) is 2. The number of morpholine rings is 1. The number of nitrogens with zero attached hydrogens (tertiary/aromatic N) is 3. The first-order valence-corrected chi connectivity index (χ1v) is 9.92. The van der Waals surface area contributed by atoms with Gasteiger partial charge in [0.25, 0.3) is 5.91 Å². The number of aromatic amines is 1. The first kappa shape index (κ1) is 18.3. The fourth-order valence-corrected chi connectivity index (χ4v) is 3.62. The van der Waals surface area contributed by atoms with Gasteiger partial charge in [0, 0.05) is 30.5 Å². The van der Waals surface area contributed by atoms with Crippen LogP contribution < -0.4 is 10.2 Å². The van der Waals surface area contributed by atoms with E-state index in [9.17, 15) is 4.79 Å². The third-order valence-electron chi connectivity index (χ3n) is 5.15. The Balaban J connectivity index is 1.46. The fraction of sp³-hybridized carbons (Fsp3) is 0.174. The molecule has 150 valence electrons. The van der Waals surface area contributed by atoms with Crippen LogP contribution in [0.15, 0.2) is 66.9 Å². The van der Waals surface area contributed by atoms with Gasteiger partial charge in [-0.25, -0.2) is 4.98 Å². The summed E-state index contributed by atoms with van der Waals surface area (Å²) >= 11 is 0. The van der Waals surface area contributed by atoms with Crippen LogP contribution in [0.3, 0.4) is 0 Å². The van der Waals surface area contributed by atoms with Crippen molar-refractivity contribution in [2.24, 2.45) is 0 Å². The number of fused-ring (bicyclic) bond motifs is 1. The van der Waals surface area contributed by atoms with Crippen molar-refractivity contribution < 1.29 is 9.53 Å². The van der Waals surface area contributed by atoms with Crippen LogP contribution in [0.25, 0.3) is 22.4 Å². The number of hydrogen-bond acceptors (Lipinski definition) is 5. The summed E-state index contributed by atoms with van der Waals surface area (Å²) in [6.07, 6.45) is 1.60. The number of amides is 1. The number of pyridine rings is 1. The second-order valence-electron chi connectivity index (χ2n) is 7.11. The van der Waals surface area contributed by atoms with Crippen LogP contribution in [0.4, 0.5) is 11.4 Å². The molecule has 1 aliphatic rings. The largest absolute Gasteiger partial charge is 0.378 e. The van der Waals surface area contributed by atoms with Crippen molar-refractivity contribution >= 4 is 28.3 Å². The van der Waals surface area contributed by atoms with Crippen molar-refractivity contribution in [1.29, 1.82) is 0 Å². The van der Waals surface area contributed by atoms with Gasteiger partial charge in [0.15, 0.2) is 0 Å². The Hall–Kier alpha value is -3.71. The van der Waals surface area contributed by atoms with Crippen molar-refractivity contribution in [2.75, 3.05) is 36.5 Å². The highest BCUT2D eigenvalue weighted by Crippen LogP contribution is 2.28. The normalized spacial score (nSPS) is 14.1. The summed E-state index contributed by atoms with van der Waals surface area (Å²) in [6, 6.07) is 19.3. The molecule has 0 unspecified atom stereocenters. The van der Waals surface area contributed by atoms with Crippen LogP contribution in [-0.2, 0) is 4.74 Å². The van der Waals surface area contributed by atoms with E-state index in [1.165, 1.54) is 0 Å². The van der Waals surface area contributed by atoms with Gasteiger partial charge in [0.2, 0.25) is 0 Å². The van der Waals surface area contributed by atoms with Crippen LogP contribution in [0, 0.1) is 0 Å². The molecule has 5 rings (SSSR count). The Labute approximate surface area is 173 Å². The predicted molar refractivity (Wildman–Crippen MR) is 117 cm³/mol. The van der Waals surface area contributed by atoms with Crippen molar-refractivity contribution in [1.82, 2.24) is 15.0 Å². The average molecular weight is 399 g/mol. The highest BCUT2D eigenvalue weighted by atomic mass is 16.5. The standard InChI is InChI=1S/C23H21N5O2/c29-23(20-7-1-2-10-24-20)26-19-9-4-8-18-21(19)27-22(25-18)16-5-3-6-17(15-16)28-11-13-30-14-12-28/h1-10,15H,11-14H2,(H,25,27)(H,26,29). The number of aromatic nitrogens is 3. The average Bonchev–Trinajstić information content (AvgIpc) is 3.26. The lowest BCUT2D eigenvalue weighted by Gasteiger charge is -2.29. The van der Waals surface area contributed by atoms with Crippen LogP contribution in [0.5, 0.6) is 0 Å². The van der Waals surface area contributed by atoms with Gasteiger partial charge in [0.05, 0.1) is 24.4 Å². The van der Waals surface area contributed by atoms with Gasteiger partial charge in [-0.15, -0.1) is 0 Å². The van der Waals surface area contributed by atoms with E-state index in [1.54, 1.807) is 24.4 Å². The van der Waals surface area contributed by atoms with Gasteiger partial charge in [0.1, 0.15) is 17.0 Å². The number of rotatable bonds is 4. The molecule has 1 aliphatic heterocycles. The summed E-state index contributed by atoms with van der Waals surface area (Å²) in [4.78, 5) is 27.1. The molecule has 2 aromatic heterocycles. The lowest BCUT2D eigenvalue weighted by atomic mass is 10.1. The molecule has 1 saturated heterocycles. The summed E-state index contributed by atoms with van der Waals surface area (Å²) < 4.78 is 5.45. The minimum Gasteiger partial charge on any atom is -0.378 e. The minimum absolute atomic E-state index is 0.262. The quantitative estimate of drug-likeness (QED) is 0.547. The van der Waals surface area contributed by atoms with Crippen LogP contribution in [-0.4, -0.2) is 47.2 Å². The number of imidazole rings is 1. The summed E-state index contributed by atoms with van der Waals surface area (Å²) in [5.74, 6) is 0.501. The number of carbonyl (C=O) groups is 1. The third-order valence-corrected chi connectivity index (χ3v) is 5.15. The SMILES string of the molecule is O=C(Nc1cccc2[nH]c(-c3cccc(N4CCOCC4)c3)nc12)c1ccccn1. The molecule has 30 heavy (non-hydrogen) atoms. The molecule has 0 aliphatic carbocycles. The maximum atomic E-state index is 12.5. The van der Waals surface area contributed by atoms with Gasteiger partial charge in [-0.2, -0.15) is 0 Å². The summed E-state index contributed by atoms with van der Waals surface area (Å²) in [5.41, 5.74) is 4.74. The van der Waals surface area contributed by atoms with E-state index in [2.05, 4.69) is 32.3 Å². The molecular formula is C23H21N5O2. The van der Waals surface area contributed by atoms with Crippen LogP contribution in [0.1, 0.15) is 10.5 Å². The zero-order chi connectivity index (χ0) is 20.3. The molecule has 2 aromatic carbocycles. The van der Waals surface area contributed by atoms with E-state index in [-0.39, 0.29) is 5.91 Å². The minimum atomic E-state index is -0.262. The van der Waals surface area contributed by atoms with Gasteiger partial charge in [-0.05, 0) is 36.4 Å². The molecule has 0 bridgehead atoms. The van der Waals surface area contributed by atoms with Gasteiger partial charge < -0.3 is 19.9 Å². The van der Waals surface area contributed by atoms with E-state index >= 15 is 0 Å². The Morgan fingerprint density at radius 3 is 2.73 bits per heavy atom. The molecule has 0 atom stereocenters. The Morgan fingerprint density at radius 2 is 1.90 bits per heavy atom. The number of hydrogen-bond donors (Lipinski definition) is 2. The molecule has 0 radical (unpaired) electrons. The Kier molecular flexibility index (Phi) is 4.86. The molecule has 0 spiro atoms. The van der Waals surface area contributed by atoms with E-state index < -0.39 is 0 Å². The monoisotopic (exact) mass is 399 g/mol. The lowest BCUT2D eigenvalue weighted by molar-refractivity contribution is 0.102. The maximum absolute atomic E-state index is 12.5. The number of H-pyrrole nitrogens is 1. The number of carbonyl (C=O) groups excluding carboxylic acids is 1. The molecule has 2 N–H and O–H groups in total. The first-order chi connectivity index (χ1) is 14.8. The lowest BCUT2D eigenvalue weighted by Crippen LogP contribution is -2.36.